The highest BCUT2D eigenvalue weighted by Gasteiger charge is 2.22. The summed E-state index contributed by atoms with van der Waals surface area (Å²) in [5.41, 5.74) is 5.94. The fourth-order valence-corrected chi connectivity index (χ4v) is 3.41. The summed E-state index contributed by atoms with van der Waals surface area (Å²) in [4.78, 5) is 13.1. The van der Waals surface area contributed by atoms with Crippen LogP contribution in [0.5, 0.6) is 0 Å². The van der Waals surface area contributed by atoms with E-state index in [1.165, 1.54) is 23.1 Å². The van der Waals surface area contributed by atoms with E-state index in [-0.39, 0.29) is 0 Å². The smallest absolute Gasteiger partial charge is 0.156 e. The Morgan fingerprint density at radius 1 is 1.09 bits per heavy atom. The average molecular weight is 290 g/mol. The molecule has 4 nitrogen and oxygen atoms in total. The zero-order valence-corrected chi connectivity index (χ0v) is 12.6. The predicted molar refractivity (Wildman–Crippen MR) is 87.8 cm³/mol. The van der Waals surface area contributed by atoms with E-state index >= 15 is 0 Å². The number of rotatable bonds is 2. The number of anilines is 1. The molecule has 1 aromatic carbocycles. The van der Waals surface area contributed by atoms with Gasteiger partial charge in [-0.2, -0.15) is 0 Å². The molecule has 0 aliphatic heterocycles. The number of nitrogens with one attached hydrogen (secondary N) is 1. The second-order valence-corrected chi connectivity index (χ2v) is 5.83. The highest BCUT2D eigenvalue weighted by molar-refractivity contribution is 5.84. The molecule has 0 saturated heterocycles. The summed E-state index contributed by atoms with van der Waals surface area (Å²) in [5.74, 6) is 0.826. The molecule has 0 saturated carbocycles. The molecular weight excluding hydrogens is 272 g/mol. The van der Waals surface area contributed by atoms with Crippen LogP contribution in [0.1, 0.15) is 35.6 Å². The van der Waals surface area contributed by atoms with Gasteiger partial charge >= 0.3 is 0 Å². The van der Waals surface area contributed by atoms with Crippen LogP contribution in [0.2, 0.25) is 0 Å². The first-order valence-electron chi connectivity index (χ1n) is 7.73. The first-order valence-corrected chi connectivity index (χ1v) is 7.73. The third-order valence-corrected chi connectivity index (χ3v) is 4.41. The molecule has 1 aliphatic carbocycles. The van der Waals surface area contributed by atoms with Gasteiger partial charge < -0.3 is 5.32 Å². The molecule has 1 atom stereocenters. The maximum atomic E-state index is 4.44. The van der Waals surface area contributed by atoms with Crippen molar-refractivity contribution in [2.45, 2.75) is 32.2 Å². The lowest BCUT2D eigenvalue weighted by atomic mass is 9.85. The maximum absolute atomic E-state index is 4.44. The van der Waals surface area contributed by atoms with Crippen LogP contribution in [0.3, 0.4) is 0 Å². The minimum absolute atomic E-state index is 0.296. The van der Waals surface area contributed by atoms with E-state index in [4.69, 9.17) is 0 Å². The van der Waals surface area contributed by atoms with Gasteiger partial charge in [0.2, 0.25) is 0 Å². The van der Waals surface area contributed by atoms with Crippen molar-refractivity contribution in [2.24, 2.45) is 0 Å². The topological polar surface area (TPSA) is 50.7 Å². The number of hydrogen-bond donors (Lipinski definition) is 1. The van der Waals surface area contributed by atoms with E-state index in [9.17, 15) is 0 Å². The molecule has 0 spiro atoms. The van der Waals surface area contributed by atoms with Gasteiger partial charge in [-0.25, -0.2) is 9.97 Å². The molecule has 0 fully saturated rings. The van der Waals surface area contributed by atoms with Gasteiger partial charge in [0.25, 0.3) is 0 Å². The van der Waals surface area contributed by atoms with Crippen molar-refractivity contribution < 1.29 is 0 Å². The van der Waals surface area contributed by atoms with Gasteiger partial charge in [-0.1, -0.05) is 18.2 Å². The van der Waals surface area contributed by atoms with E-state index in [1.807, 2.05) is 12.1 Å². The number of aryl methyl sites for hydroxylation is 2. The van der Waals surface area contributed by atoms with E-state index in [2.05, 4.69) is 45.4 Å². The number of fused-ring (bicyclic) bond motifs is 2. The van der Waals surface area contributed by atoms with Crippen molar-refractivity contribution in [3.05, 3.63) is 59.5 Å². The fraction of sp³-hybridized carbons (Fsp3) is 0.278. The van der Waals surface area contributed by atoms with Gasteiger partial charge in [0.15, 0.2) is 5.82 Å². The van der Waals surface area contributed by atoms with Crippen LogP contribution < -0.4 is 5.32 Å². The summed E-state index contributed by atoms with van der Waals surface area (Å²) < 4.78 is 0. The van der Waals surface area contributed by atoms with Crippen molar-refractivity contribution in [3.63, 3.8) is 0 Å². The van der Waals surface area contributed by atoms with Crippen LogP contribution in [-0.2, 0) is 6.42 Å². The Kier molecular flexibility index (Phi) is 3.22. The molecular formula is C18H18N4. The lowest BCUT2D eigenvalue weighted by molar-refractivity contribution is 0.595. The number of benzene rings is 1. The maximum Gasteiger partial charge on any atom is 0.156 e. The molecule has 0 radical (unpaired) electrons. The lowest BCUT2D eigenvalue weighted by Gasteiger charge is -2.28. The summed E-state index contributed by atoms with van der Waals surface area (Å²) in [5, 5.41) is 3.61. The minimum Gasteiger partial charge on any atom is -0.361 e. The monoisotopic (exact) mass is 290 g/mol. The standard InChI is InChI=1S/C18H18N4/c1-12-5-2-6-13-7-3-8-14(16(12)13)22-18-17-15(20-11-21-18)9-4-10-19-17/h2,4-6,9-11,14H,3,7-8H2,1H3,(H,20,21,22). The fourth-order valence-electron chi connectivity index (χ4n) is 3.41. The number of nitrogens with zero attached hydrogens (tertiary/aromatic N) is 3. The third-order valence-electron chi connectivity index (χ3n) is 4.41. The zero-order valence-electron chi connectivity index (χ0n) is 12.6. The Morgan fingerprint density at radius 2 is 2.05 bits per heavy atom. The molecule has 110 valence electrons. The summed E-state index contributed by atoms with van der Waals surface area (Å²) >= 11 is 0. The van der Waals surface area contributed by atoms with Crippen molar-refractivity contribution in [2.75, 3.05) is 5.32 Å². The molecule has 1 N–H and O–H groups in total. The molecule has 3 aromatic rings. The Morgan fingerprint density at radius 3 is 3.00 bits per heavy atom. The Labute approximate surface area is 129 Å². The molecule has 4 rings (SSSR count). The van der Waals surface area contributed by atoms with E-state index in [0.29, 0.717) is 6.04 Å². The first kappa shape index (κ1) is 13.2. The summed E-state index contributed by atoms with van der Waals surface area (Å²) in [6.45, 7) is 2.19. The molecule has 0 amide bonds. The van der Waals surface area contributed by atoms with Crippen molar-refractivity contribution in [1.82, 2.24) is 15.0 Å². The van der Waals surface area contributed by atoms with Gasteiger partial charge in [0.05, 0.1) is 11.6 Å². The number of aromatic nitrogens is 3. The molecule has 1 unspecified atom stereocenters. The number of pyridine rings is 1. The van der Waals surface area contributed by atoms with E-state index < -0.39 is 0 Å². The Balaban J connectivity index is 1.76. The largest absolute Gasteiger partial charge is 0.361 e. The van der Waals surface area contributed by atoms with Gasteiger partial charge in [0, 0.05) is 6.20 Å². The Hall–Kier alpha value is -2.49. The summed E-state index contributed by atoms with van der Waals surface area (Å²) in [6.07, 6.45) is 6.88. The lowest BCUT2D eigenvalue weighted by Crippen LogP contribution is -2.19. The summed E-state index contributed by atoms with van der Waals surface area (Å²) in [6, 6.07) is 10.7. The molecule has 22 heavy (non-hydrogen) atoms. The molecule has 2 heterocycles. The van der Waals surface area contributed by atoms with Gasteiger partial charge in [-0.05, 0) is 55.0 Å². The average Bonchev–Trinajstić information content (AvgIpc) is 2.56. The number of hydrogen-bond acceptors (Lipinski definition) is 4. The highest BCUT2D eigenvalue weighted by Crippen LogP contribution is 2.35. The van der Waals surface area contributed by atoms with Crippen LogP contribution in [0.15, 0.2) is 42.9 Å². The van der Waals surface area contributed by atoms with Crippen molar-refractivity contribution in [1.29, 1.82) is 0 Å². The van der Waals surface area contributed by atoms with Crippen molar-refractivity contribution in [3.8, 4) is 0 Å². The van der Waals surface area contributed by atoms with Crippen LogP contribution >= 0.6 is 0 Å². The molecule has 0 bridgehead atoms. The molecule has 2 aromatic heterocycles. The third kappa shape index (κ3) is 2.21. The molecule has 4 heteroatoms. The molecule has 1 aliphatic rings. The van der Waals surface area contributed by atoms with Crippen LogP contribution in [0, 0.1) is 6.92 Å². The SMILES string of the molecule is Cc1cccc2c1C(Nc1ncnc3cccnc13)CCC2. The van der Waals surface area contributed by atoms with Crippen LogP contribution in [-0.4, -0.2) is 15.0 Å². The normalized spacial score (nSPS) is 17.2. The second-order valence-electron chi connectivity index (χ2n) is 5.83. The van der Waals surface area contributed by atoms with Gasteiger partial charge in [-0.15, -0.1) is 0 Å². The van der Waals surface area contributed by atoms with E-state index in [0.717, 1.165) is 29.7 Å². The van der Waals surface area contributed by atoms with E-state index in [1.54, 1.807) is 12.5 Å². The minimum atomic E-state index is 0.296. The summed E-state index contributed by atoms with van der Waals surface area (Å²) in [7, 11) is 0. The van der Waals surface area contributed by atoms with Gasteiger partial charge in [0.1, 0.15) is 11.8 Å². The first-order chi connectivity index (χ1) is 10.8. The second kappa shape index (κ2) is 5.37. The zero-order chi connectivity index (χ0) is 14.9. The van der Waals surface area contributed by atoms with Crippen LogP contribution in [0.4, 0.5) is 5.82 Å². The quantitative estimate of drug-likeness (QED) is 0.779. The van der Waals surface area contributed by atoms with Gasteiger partial charge in [-0.3, -0.25) is 4.98 Å². The van der Waals surface area contributed by atoms with Crippen LogP contribution in [0.25, 0.3) is 11.0 Å². The Bertz CT molecular complexity index is 823. The van der Waals surface area contributed by atoms with Crippen molar-refractivity contribution >= 4 is 16.9 Å². The predicted octanol–water partition coefficient (Wildman–Crippen LogP) is 3.82. The highest BCUT2D eigenvalue weighted by atomic mass is 15.1.